The summed E-state index contributed by atoms with van der Waals surface area (Å²) >= 11 is 1.33. The predicted molar refractivity (Wildman–Crippen MR) is 120 cm³/mol. The number of nitrogens with zero attached hydrogens (tertiary/aromatic N) is 2. The molecule has 0 aliphatic carbocycles. The fourth-order valence-corrected chi connectivity index (χ4v) is 6.97. The smallest absolute Gasteiger partial charge is 0.353 e. The second-order valence-electron chi connectivity index (χ2n) is 9.40. The number of carbonyl (C=O) groups excluding carboxylic acids is 3. The van der Waals surface area contributed by atoms with E-state index in [2.05, 4.69) is 10.6 Å². The van der Waals surface area contributed by atoms with Crippen LogP contribution in [-0.2, 0) is 24.0 Å². The highest BCUT2D eigenvalue weighted by Crippen LogP contribution is 2.51. The Morgan fingerprint density at radius 1 is 1.34 bits per heavy atom. The number of amides is 3. The van der Waals surface area contributed by atoms with Gasteiger partial charge in [-0.3, -0.25) is 19.2 Å². The van der Waals surface area contributed by atoms with Crippen LogP contribution in [0.25, 0.3) is 0 Å². The zero-order valence-corrected chi connectivity index (χ0v) is 20.1. The largest absolute Gasteiger partial charge is 0.477 e. The highest BCUT2D eigenvalue weighted by atomic mass is 32.2. The highest BCUT2D eigenvalue weighted by molar-refractivity contribution is 8.03. The average Bonchev–Trinajstić information content (AvgIpc) is 3.52. The number of carboxylic acids is 1. The summed E-state index contributed by atoms with van der Waals surface area (Å²) in [4.78, 5) is 57.4. The van der Waals surface area contributed by atoms with E-state index in [1.54, 1.807) is 11.8 Å². The van der Waals surface area contributed by atoms with Crippen molar-refractivity contribution in [3.05, 3.63) is 10.6 Å². The molecule has 1 unspecified atom stereocenters. The lowest BCUT2D eigenvalue weighted by Crippen LogP contribution is -2.66. The SMILES string of the molecule is CC(NC(=O)C(F)F)[C@H]1C(=O)N2C(C(=O)O)=C(S[C@@H]3CN[C@H](C(=O)N4CC[C@@H](ON)C4)C3)[C@H](C)[C@H]12. The van der Waals surface area contributed by atoms with Crippen LogP contribution < -0.4 is 16.5 Å². The van der Waals surface area contributed by atoms with E-state index in [0.29, 0.717) is 37.4 Å². The Morgan fingerprint density at radius 3 is 2.66 bits per heavy atom. The van der Waals surface area contributed by atoms with E-state index < -0.39 is 48.3 Å². The van der Waals surface area contributed by atoms with Crippen LogP contribution in [0.4, 0.5) is 8.78 Å². The molecule has 194 valence electrons. The number of thioether (sulfide) groups is 1. The normalized spacial score (nSPS) is 33.3. The standard InChI is InChI=1S/C21H29F2N5O6S/c1-8-14-13(9(2)26-18(29)17(22)23)20(31)28(14)15(21(32)33)16(8)35-11-5-12(25-6-11)19(30)27-4-3-10(7-27)34-24/h8-14,17,25H,3-7,24H2,1-2H3,(H,26,29)(H,32,33)/t8-,9?,10-,11+,12+,13-,14-/m1/s1. The number of aliphatic carboxylic acids is 1. The van der Waals surface area contributed by atoms with Gasteiger partial charge in [-0.1, -0.05) is 6.92 Å². The Hall–Kier alpha value is -2.29. The van der Waals surface area contributed by atoms with E-state index in [1.807, 2.05) is 0 Å². The monoisotopic (exact) mass is 517 g/mol. The van der Waals surface area contributed by atoms with Crippen LogP contribution in [0.1, 0.15) is 26.7 Å². The lowest BCUT2D eigenvalue weighted by molar-refractivity contribution is -0.159. The molecule has 0 spiro atoms. The molecule has 0 saturated carbocycles. The first-order valence-electron chi connectivity index (χ1n) is 11.5. The maximum atomic E-state index is 12.9. The third-order valence-electron chi connectivity index (χ3n) is 7.23. The van der Waals surface area contributed by atoms with Crippen LogP contribution in [0.2, 0.25) is 0 Å². The van der Waals surface area contributed by atoms with Gasteiger partial charge in [0.05, 0.1) is 24.1 Å². The molecule has 11 nitrogen and oxygen atoms in total. The number of carboxylic acid groups (broad SMARTS) is 1. The topological polar surface area (TPSA) is 154 Å². The quantitative estimate of drug-likeness (QED) is 0.246. The van der Waals surface area contributed by atoms with Crippen LogP contribution in [0, 0.1) is 11.8 Å². The minimum Gasteiger partial charge on any atom is -0.477 e. The van der Waals surface area contributed by atoms with Gasteiger partial charge in [-0.25, -0.2) is 10.7 Å². The fraction of sp³-hybridized carbons (Fsp3) is 0.714. The molecule has 4 aliphatic rings. The lowest BCUT2D eigenvalue weighted by Gasteiger charge is -2.47. The van der Waals surface area contributed by atoms with Crippen LogP contribution in [0.3, 0.4) is 0 Å². The van der Waals surface area contributed by atoms with Crippen molar-refractivity contribution in [1.82, 2.24) is 20.4 Å². The first kappa shape index (κ1) is 25.8. The van der Waals surface area contributed by atoms with Crippen LogP contribution in [0.15, 0.2) is 10.6 Å². The van der Waals surface area contributed by atoms with Gasteiger partial charge in [0.2, 0.25) is 11.8 Å². The van der Waals surface area contributed by atoms with Gasteiger partial charge in [0, 0.05) is 41.7 Å². The summed E-state index contributed by atoms with van der Waals surface area (Å²) in [6.07, 6.45) is -2.23. The third-order valence-corrected chi connectivity index (χ3v) is 8.74. The first-order chi connectivity index (χ1) is 16.5. The van der Waals surface area contributed by atoms with Gasteiger partial charge in [-0.05, 0) is 19.8 Å². The summed E-state index contributed by atoms with van der Waals surface area (Å²) in [7, 11) is 0. The molecule has 4 aliphatic heterocycles. The second kappa shape index (κ2) is 9.99. The molecule has 3 saturated heterocycles. The number of β-lactam (4-membered cyclic amide) rings is 1. The minimum absolute atomic E-state index is 0.0535. The van der Waals surface area contributed by atoms with Crippen molar-refractivity contribution in [3.8, 4) is 0 Å². The zero-order valence-electron chi connectivity index (χ0n) is 19.3. The molecule has 0 aromatic heterocycles. The van der Waals surface area contributed by atoms with Crippen molar-refractivity contribution in [2.24, 2.45) is 17.7 Å². The Bertz CT molecular complexity index is 951. The molecule has 35 heavy (non-hydrogen) atoms. The third kappa shape index (κ3) is 4.63. The number of rotatable bonds is 8. The fourth-order valence-electron chi connectivity index (χ4n) is 5.49. The molecule has 0 radical (unpaired) electrons. The summed E-state index contributed by atoms with van der Waals surface area (Å²) < 4.78 is 25.3. The van der Waals surface area contributed by atoms with Crippen molar-refractivity contribution in [1.29, 1.82) is 0 Å². The van der Waals surface area contributed by atoms with Crippen LogP contribution >= 0.6 is 11.8 Å². The van der Waals surface area contributed by atoms with Gasteiger partial charge >= 0.3 is 12.4 Å². The second-order valence-corrected chi connectivity index (χ2v) is 10.7. The van der Waals surface area contributed by atoms with Crippen molar-refractivity contribution < 1.29 is 37.9 Å². The van der Waals surface area contributed by atoms with Crippen molar-refractivity contribution in [2.45, 2.75) is 62.6 Å². The average molecular weight is 518 g/mol. The molecule has 7 atom stereocenters. The lowest BCUT2D eigenvalue weighted by atomic mass is 9.78. The molecular formula is C21H29F2N5O6S. The summed E-state index contributed by atoms with van der Waals surface area (Å²) in [6.45, 7) is 4.73. The minimum atomic E-state index is -3.21. The molecule has 0 bridgehead atoms. The van der Waals surface area contributed by atoms with E-state index in [-0.39, 0.29) is 28.9 Å². The number of nitrogens with two attached hydrogens (primary N) is 1. The number of hydrogen-bond acceptors (Lipinski definition) is 8. The Morgan fingerprint density at radius 2 is 2.06 bits per heavy atom. The van der Waals surface area contributed by atoms with Crippen molar-refractivity contribution >= 4 is 35.5 Å². The molecule has 0 aromatic carbocycles. The number of likely N-dealkylation sites (tertiary alicyclic amines) is 1. The first-order valence-corrected chi connectivity index (χ1v) is 12.4. The van der Waals surface area contributed by atoms with Crippen molar-refractivity contribution in [3.63, 3.8) is 0 Å². The van der Waals surface area contributed by atoms with E-state index in [1.165, 1.54) is 23.6 Å². The zero-order chi connectivity index (χ0) is 25.6. The molecule has 5 N–H and O–H groups in total. The maximum absolute atomic E-state index is 12.9. The number of alkyl halides is 2. The maximum Gasteiger partial charge on any atom is 0.353 e. The number of fused-ring (bicyclic) bond motifs is 1. The van der Waals surface area contributed by atoms with E-state index in [9.17, 15) is 33.1 Å². The van der Waals surface area contributed by atoms with Gasteiger partial charge in [0.15, 0.2) is 0 Å². The number of hydrogen-bond donors (Lipinski definition) is 4. The van der Waals surface area contributed by atoms with Gasteiger partial charge in [0.25, 0.3) is 5.91 Å². The Kier molecular flexibility index (Phi) is 7.36. The van der Waals surface area contributed by atoms with Crippen LogP contribution in [0.5, 0.6) is 0 Å². The predicted octanol–water partition coefficient (Wildman–Crippen LogP) is -0.516. The summed E-state index contributed by atoms with van der Waals surface area (Å²) in [5.74, 6) is 0.774. The molecular weight excluding hydrogens is 488 g/mol. The van der Waals surface area contributed by atoms with Gasteiger partial charge in [-0.15, -0.1) is 11.8 Å². The van der Waals surface area contributed by atoms with E-state index in [0.717, 1.165) is 0 Å². The van der Waals surface area contributed by atoms with E-state index in [4.69, 9.17) is 10.7 Å². The summed E-state index contributed by atoms with van der Waals surface area (Å²) in [5, 5.41) is 15.1. The molecule has 0 aromatic rings. The van der Waals surface area contributed by atoms with Gasteiger partial charge in [0.1, 0.15) is 5.70 Å². The molecule has 3 fully saturated rings. The number of carbonyl (C=O) groups is 4. The summed E-state index contributed by atoms with van der Waals surface area (Å²) in [6, 6.07) is -1.83. The van der Waals surface area contributed by atoms with Gasteiger partial charge < -0.3 is 25.5 Å². The summed E-state index contributed by atoms with van der Waals surface area (Å²) in [5.41, 5.74) is -0.113. The number of halogens is 2. The number of nitrogens with one attached hydrogen (secondary N) is 2. The van der Waals surface area contributed by atoms with Gasteiger partial charge in [-0.2, -0.15) is 8.78 Å². The highest BCUT2D eigenvalue weighted by Gasteiger charge is 2.60. The van der Waals surface area contributed by atoms with Crippen LogP contribution in [-0.4, -0.2) is 94.1 Å². The van der Waals surface area contributed by atoms with E-state index >= 15 is 0 Å². The Balaban J connectivity index is 1.43. The Labute approximate surface area is 204 Å². The molecule has 4 heterocycles. The molecule has 4 rings (SSSR count). The molecule has 14 heteroatoms. The molecule has 3 amide bonds. The van der Waals surface area contributed by atoms with Crippen molar-refractivity contribution in [2.75, 3.05) is 19.6 Å².